The van der Waals surface area contributed by atoms with Crippen molar-refractivity contribution in [3.8, 4) is 11.3 Å². The highest BCUT2D eigenvalue weighted by atomic mass is 19.1. The van der Waals surface area contributed by atoms with E-state index in [1.165, 1.54) is 24.6 Å². The first-order valence-electron chi connectivity index (χ1n) is 18.7. The van der Waals surface area contributed by atoms with Crippen LogP contribution in [0.5, 0.6) is 0 Å². The molecule has 6 heterocycles. The minimum absolute atomic E-state index is 0.178. The average molecular weight is 712 g/mol. The van der Waals surface area contributed by atoms with Crippen molar-refractivity contribution < 1.29 is 18.4 Å². The fourth-order valence-electron chi connectivity index (χ4n) is 8.45. The van der Waals surface area contributed by atoms with Crippen molar-refractivity contribution in [3.63, 3.8) is 0 Å². The predicted octanol–water partition coefficient (Wildman–Crippen LogP) is 4.28. The molecule has 8 rings (SSSR count). The van der Waals surface area contributed by atoms with Gasteiger partial charge in [0.1, 0.15) is 11.6 Å². The molecule has 0 radical (unpaired) electrons. The van der Waals surface area contributed by atoms with Gasteiger partial charge in [-0.2, -0.15) is 0 Å². The van der Waals surface area contributed by atoms with E-state index >= 15 is 0 Å². The molecular weight excluding hydrogens is 664 g/mol. The first-order chi connectivity index (χ1) is 25.3. The maximum absolute atomic E-state index is 14.7. The average Bonchev–Trinajstić information content (AvgIpc) is 3.84. The Morgan fingerprint density at radius 2 is 1.62 bits per heavy atom. The van der Waals surface area contributed by atoms with Gasteiger partial charge in [-0.3, -0.25) is 29.1 Å². The van der Waals surface area contributed by atoms with Gasteiger partial charge in [-0.15, -0.1) is 0 Å². The lowest BCUT2D eigenvalue weighted by Gasteiger charge is -2.39. The van der Waals surface area contributed by atoms with Crippen LogP contribution in [-0.2, 0) is 9.59 Å². The van der Waals surface area contributed by atoms with Gasteiger partial charge < -0.3 is 15.1 Å². The SMILES string of the molecule is Cc1cc(-c2cnc(N[C@H]3CCN(C4CCN(CCN5CCN(c6ccc(C7CCC(=O)NC7=O)cc6)CC5)CC4)C3)c3nccn23)c(F)cc1F. The van der Waals surface area contributed by atoms with Crippen LogP contribution in [0.25, 0.3) is 16.9 Å². The van der Waals surface area contributed by atoms with Crippen molar-refractivity contribution in [1.82, 2.24) is 34.4 Å². The molecular formula is C39H47F2N9O2. The van der Waals surface area contributed by atoms with E-state index in [9.17, 15) is 18.4 Å². The number of hydrogen-bond donors (Lipinski definition) is 2. The molecule has 4 fully saturated rings. The van der Waals surface area contributed by atoms with Crippen LogP contribution in [0.1, 0.15) is 49.1 Å². The Labute approximate surface area is 303 Å². The van der Waals surface area contributed by atoms with Crippen LogP contribution in [0.15, 0.2) is 55.0 Å². The molecule has 0 aliphatic carbocycles. The van der Waals surface area contributed by atoms with Crippen molar-refractivity contribution in [2.75, 3.05) is 75.7 Å². The summed E-state index contributed by atoms with van der Waals surface area (Å²) >= 11 is 0. The Bertz CT molecular complexity index is 1920. The number of benzene rings is 2. The van der Waals surface area contributed by atoms with Crippen LogP contribution in [0.3, 0.4) is 0 Å². The number of piperazine rings is 1. The smallest absolute Gasteiger partial charge is 0.234 e. The number of likely N-dealkylation sites (tertiary alicyclic amines) is 2. The summed E-state index contributed by atoms with van der Waals surface area (Å²) in [5.41, 5.74) is 4.02. The van der Waals surface area contributed by atoms with Gasteiger partial charge in [0.2, 0.25) is 11.8 Å². The Kier molecular flexibility index (Phi) is 9.91. The zero-order valence-electron chi connectivity index (χ0n) is 29.7. The van der Waals surface area contributed by atoms with Crippen LogP contribution in [0.4, 0.5) is 20.3 Å². The summed E-state index contributed by atoms with van der Waals surface area (Å²) in [5.74, 6) is -1.11. The van der Waals surface area contributed by atoms with E-state index in [1.54, 1.807) is 25.5 Å². The zero-order chi connectivity index (χ0) is 35.8. The molecule has 2 aromatic heterocycles. The number of hydrogen-bond acceptors (Lipinski definition) is 9. The number of nitrogens with one attached hydrogen (secondary N) is 2. The lowest BCUT2D eigenvalue weighted by atomic mass is 9.90. The summed E-state index contributed by atoms with van der Waals surface area (Å²) in [6.45, 7) is 12.1. The lowest BCUT2D eigenvalue weighted by molar-refractivity contribution is -0.134. The Morgan fingerprint density at radius 3 is 2.37 bits per heavy atom. The van der Waals surface area contributed by atoms with Crippen molar-refractivity contribution in [2.45, 2.75) is 57.0 Å². The molecule has 0 bridgehead atoms. The monoisotopic (exact) mass is 711 g/mol. The number of imide groups is 1. The highest BCUT2D eigenvalue weighted by Crippen LogP contribution is 2.30. The van der Waals surface area contributed by atoms with Gasteiger partial charge in [0.25, 0.3) is 0 Å². The van der Waals surface area contributed by atoms with Crippen molar-refractivity contribution in [1.29, 1.82) is 0 Å². The number of piperidine rings is 2. The molecule has 0 spiro atoms. The van der Waals surface area contributed by atoms with Crippen molar-refractivity contribution >= 4 is 29.0 Å². The third-order valence-electron chi connectivity index (χ3n) is 11.6. The summed E-state index contributed by atoms with van der Waals surface area (Å²) < 4.78 is 30.5. The standard InChI is InChI=1S/C39H47F2N9O2/c1-26-22-32(34(41)23-33(26)40)35-24-43-37(38-42-11-15-50(35)38)44-28-8-14-49(25-28)30-9-12-46(13-10-30)16-17-47-18-20-48(21-19-47)29-4-2-27(3-5-29)31-6-7-36(51)45-39(31)52/h2-5,11,15,22-24,28,30-31H,6-10,12-14,16-21,25H2,1H3,(H,43,44)(H,45,51,52)/t28-,31?/m0/s1. The first kappa shape index (κ1) is 34.6. The van der Waals surface area contributed by atoms with E-state index in [0.717, 1.165) is 83.5 Å². The second-order valence-electron chi connectivity index (χ2n) is 14.8. The third-order valence-corrected chi connectivity index (χ3v) is 11.6. The second kappa shape index (κ2) is 14.9. The van der Waals surface area contributed by atoms with Crippen LogP contribution in [0.2, 0.25) is 0 Å². The van der Waals surface area contributed by atoms with Gasteiger partial charge in [0.05, 0.1) is 17.8 Å². The number of aryl methyl sites for hydroxylation is 1. The molecule has 4 aliphatic heterocycles. The van der Waals surface area contributed by atoms with Crippen LogP contribution in [0, 0.1) is 18.6 Å². The molecule has 2 amide bonds. The summed E-state index contributed by atoms with van der Waals surface area (Å²) in [5, 5.41) is 6.08. The Balaban J connectivity index is 0.769. The number of fused-ring (bicyclic) bond motifs is 1. The fraction of sp³-hybridized carbons (Fsp3) is 0.487. The number of rotatable bonds is 9. The van der Waals surface area contributed by atoms with E-state index in [2.05, 4.69) is 52.3 Å². The van der Waals surface area contributed by atoms with E-state index in [4.69, 9.17) is 0 Å². The molecule has 2 atom stereocenters. The van der Waals surface area contributed by atoms with E-state index in [-0.39, 0.29) is 23.8 Å². The molecule has 52 heavy (non-hydrogen) atoms. The van der Waals surface area contributed by atoms with E-state index in [0.29, 0.717) is 47.2 Å². The molecule has 13 heteroatoms. The maximum Gasteiger partial charge on any atom is 0.234 e. The summed E-state index contributed by atoms with van der Waals surface area (Å²) in [6, 6.07) is 11.6. The van der Waals surface area contributed by atoms with Crippen molar-refractivity contribution in [3.05, 3.63) is 77.8 Å². The number of nitrogens with zero attached hydrogens (tertiary/aromatic N) is 7. The zero-order valence-corrected chi connectivity index (χ0v) is 29.7. The van der Waals surface area contributed by atoms with Crippen LogP contribution < -0.4 is 15.5 Å². The van der Waals surface area contributed by atoms with Gasteiger partial charge in [-0.1, -0.05) is 12.1 Å². The number of amides is 2. The molecule has 11 nitrogen and oxygen atoms in total. The van der Waals surface area contributed by atoms with E-state index in [1.807, 2.05) is 16.5 Å². The molecule has 1 unspecified atom stereocenters. The van der Waals surface area contributed by atoms with Crippen LogP contribution >= 0.6 is 0 Å². The second-order valence-corrected chi connectivity index (χ2v) is 14.8. The molecule has 4 aliphatic rings. The largest absolute Gasteiger partial charge is 0.369 e. The highest BCUT2D eigenvalue weighted by molar-refractivity contribution is 6.00. The topological polar surface area (TPSA) is 101 Å². The van der Waals surface area contributed by atoms with Gasteiger partial charge in [0, 0.05) is 101 Å². The van der Waals surface area contributed by atoms with Crippen LogP contribution in [-0.4, -0.2) is 118 Å². The fourth-order valence-corrected chi connectivity index (χ4v) is 8.45. The minimum atomic E-state index is -0.620. The molecule has 274 valence electrons. The summed E-state index contributed by atoms with van der Waals surface area (Å²) in [4.78, 5) is 43.2. The summed E-state index contributed by atoms with van der Waals surface area (Å²) in [7, 11) is 0. The number of carbonyl (C=O) groups excluding carboxylic acids is 2. The van der Waals surface area contributed by atoms with Gasteiger partial charge >= 0.3 is 0 Å². The van der Waals surface area contributed by atoms with Crippen molar-refractivity contribution in [2.24, 2.45) is 0 Å². The van der Waals surface area contributed by atoms with Gasteiger partial charge in [0.15, 0.2) is 11.5 Å². The van der Waals surface area contributed by atoms with E-state index < -0.39 is 11.6 Å². The molecule has 4 aromatic rings. The normalized spacial score (nSPS) is 22.7. The maximum atomic E-state index is 14.7. The molecule has 0 saturated carbocycles. The summed E-state index contributed by atoms with van der Waals surface area (Å²) in [6.07, 6.45) is 9.46. The Hall–Kier alpha value is -4.46. The number of anilines is 2. The predicted molar refractivity (Wildman–Crippen MR) is 196 cm³/mol. The molecule has 4 saturated heterocycles. The third kappa shape index (κ3) is 7.26. The lowest BCUT2D eigenvalue weighted by Crippen LogP contribution is -2.50. The van der Waals surface area contributed by atoms with Gasteiger partial charge in [-0.05, 0) is 75.0 Å². The van der Waals surface area contributed by atoms with Gasteiger partial charge in [-0.25, -0.2) is 18.7 Å². The molecule has 2 N–H and O–H groups in total. The number of imidazole rings is 1. The highest BCUT2D eigenvalue weighted by Gasteiger charge is 2.32. The quantitative estimate of drug-likeness (QED) is 0.247. The number of halogens is 2. The number of carbonyl (C=O) groups is 2. The first-order valence-corrected chi connectivity index (χ1v) is 18.7. The Morgan fingerprint density at radius 1 is 0.865 bits per heavy atom. The minimum Gasteiger partial charge on any atom is -0.369 e. The molecule has 2 aromatic carbocycles. The number of aromatic nitrogens is 3.